The Morgan fingerprint density at radius 3 is 2.48 bits per heavy atom. The van der Waals surface area contributed by atoms with Crippen molar-refractivity contribution in [2.24, 2.45) is 0 Å². The molecule has 0 amide bonds. The van der Waals surface area contributed by atoms with Gasteiger partial charge in [-0.1, -0.05) is 0 Å². The molecule has 0 N–H and O–H groups in total. The van der Waals surface area contributed by atoms with E-state index in [1.165, 1.54) is 15.6 Å². The van der Waals surface area contributed by atoms with Crippen LogP contribution >= 0.6 is 24.4 Å². The molecule has 1 aliphatic heterocycles. The Balaban J connectivity index is 1.75. The zero-order chi connectivity index (χ0) is 14.9. The third-order valence-electron chi connectivity index (χ3n) is 3.83. The number of hydrogen-bond donors (Lipinski definition) is 0. The Labute approximate surface area is 140 Å². The van der Waals surface area contributed by atoms with Gasteiger partial charge in [-0.2, -0.15) is 0 Å². The number of fused-ring (bicyclic) bond motifs is 1. The van der Waals surface area contributed by atoms with Crippen LogP contribution < -0.4 is 0 Å². The summed E-state index contributed by atoms with van der Waals surface area (Å²) < 4.78 is 2.98. The van der Waals surface area contributed by atoms with Gasteiger partial charge < -0.3 is 0 Å². The van der Waals surface area contributed by atoms with Gasteiger partial charge in [-0.15, -0.1) is 0 Å². The summed E-state index contributed by atoms with van der Waals surface area (Å²) in [5.41, 5.74) is 3.67. The first-order chi connectivity index (χ1) is 10.1. The molecule has 0 fully saturated rings. The Morgan fingerprint density at radius 1 is 1.10 bits per heavy atom. The summed E-state index contributed by atoms with van der Waals surface area (Å²) in [6, 6.07) is 15.9. The van der Waals surface area contributed by atoms with Crippen LogP contribution in [0, 0.1) is 0 Å². The number of hydrogen-bond acceptors (Lipinski definition) is 1. The average Bonchev–Trinajstić information content (AvgIpc) is 2.47. The molecule has 21 heavy (non-hydrogen) atoms. The van der Waals surface area contributed by atoms with Crippen LogP contribution in [0.3, 0.4) is 0 Å². The maximum atomic E-state index is 12.5. The Bertz CT molecular complexity index is 671. The van der Waals surface area contributed by atoms with Crippen molar-refractivity contribution in [1.29, 1.82) is 0 Å². The van der Waals surface area contributed by atoms with E-state index < -0.39 is 16.0 Å². The predicted octanol–water partition coefficient (Wildman–Crippen LogP) is 5.20. The summed E-state index contributed by atoms with van der Waals surface area (Å²) in [5, 5.41) is 0.674. The van der Waals surface area contributed by atoms with E-state index in [1.54, 1.807) is 12.1 Å². The van der Waals surface area contributed by atoms with Crippen LogP contribution in [-0.2, 0) is 10.9 Å². The van der Waals surface area contributed by atoms with Crippen LogP contribution in [-0.4, -0.2) is 21.8 Å². The third kappa shape index (κ3) is 3.71. The normalized spacial score (nSPS) is 23.9. The fourth-order valence-corrected chi connectivity index (χ4v) is 13.9. The standard InChI is InChI=1S/C17H16BrClOTe/c18-21(10-9-13-3-1-2-4-15(13)11-21)12-17(20)14-5-7-16(19)8-6-14/h1-8H,9-12H2. The molecule has 1 unspecified atom stereocenters. The van der Waals surface area contributed by atoms with Crippen molar-refractivity contribution < 1.29 is 4.79 Å². The van der Waals surface area contributed by atoms with Crippen molar-refractivity contribution in [2.45, 2.75) is 19.8 Å². The van der Waals surface area contributed by atoms with E-state index in [4.69, 9.17) is 11.6 Å². The van der Waals surface area contributed by atoms with E-state index in [9.17, 15) is 4.79 Å². The molecular weight excluding hydrogens is 463 g/mol. The first kappa shape index (κ1) is 15.6. The number of rotatable bonds is 3. The summed E-state index contributed by atoms with van der Waals surface area (Å²) in [6.07, 6.45) is 1.11. The van der Waals surface area contributed by atoms with Crippen molar-refractivity contribution in [3.8, 4) is 0 Å². The van der Waals surface area contributed by atoms with Crippen molar-refractivity contribution in [2.75, 3.05) is 0 Å². The van der Waals surface area contributed by atoms with Crippen molar-refractivity contribution >= 4 is 46.1 Å². The summed E-state index contributed by atoms with van der Waals surface area (Å²) in [7, 11) is 0. The van der Waals surface area contributed by atoms with Gasteiger partial charge in [0.25, 0.3) is 0 Å². The molecule has 0 aliphatic carbocycles. The van der Waals surface area contributed by atoms with Gasteiger partial charge in [0, 0.05) is 0 Å². The molecule has 1 heterocycles. The topological polar surface area (TPSA) is 17.1 Å². The van der Waals surface area contributed by atoms with Gasteiger partial charge in [0.1, 0.15) is 0 Å². The molecule has 110 valence electrons. The molecule has 4 heteroatoms. The van der Waals surface area contributed by atoms with Crippen LogP contribution in [0.2, 0.25) is 14.0 Å². The quantitative estimate of drug-likeness (QED) is 0.437. The van der Waals surface area contributed by atoms with E-state index in [1.807, 2.05) is 12.1 Å². The van der Waals surface area contributed by atoms with Gasteiger partial charge >= 0.3 is 141 Å². The second-order valence-electron chi connectivity index (χ2n) is 5.38. The molecule has 2 aromatic carbocycles. The molecule has 0 saturated carbocycles. The van der Waals surface area contributed by atoms with Crippen LogP contribution in [0.1, 0.15) is 21.5 Å². The van der Waals surface area contributed by atoms with Gasteiger partial charge in [-0.05, 0) is 0 Å². The van der Waals surface area contributed by atoms with Crippen LogP contribution in [0.4, 0.5) is 0 Å². The molecule has 3 rings (SSSR count). The number of carbonyl (C=O) groups excluding carboxylic acids is 1. The minimum atomic E-state index is -2.30. The zero-order valence-corrected chi connectivity index (χ0v) is 16.2. The molecule has 1 atom stereocenters. The monoisotopic (exact) mass is 480 g/mol. The van der Waals surface area contributed by atoms with Crippen molar-refractivity contribution in [3.05, 3.63) is 70.2 Å². The third-order valence-corrected chi connectivity index (χ3v) is 16.6. The SMILES string of the molecule is O=C(C[Te]1(Br)CCc2ccccc2C1)c1ccc(Cl)cc1. The fraction of sp³-hybridized carbons (Fsp3) is 0.235. The fourth-order valence-electron chi connectivity index (χ4n) is 2.66. The number of Topliss-reactive ketones (excluding diaryl/α,β-unsaturated/α-hetero) is 1. The molecule has 0 radical (unpaired) electrons. The number of halogens is 2. The first-order valence-electron chi connectivity index (χ1n) is 6.87. The first-order valence-corrected chi connectivity index (χ1v) is 17.4. The van der Waals surface area contributed by atoms with E-state index in [0.29, 0.717) is 9.49 Å². The molecule has 1 aliphatic rings. The van der Waals surface area contributed by atoms with E-state index >= 15 is 0 Å². The Hall–Kier alpha value is -0.330. The molecule has 0 bridgehead atoms. The van der Waals surface area contributed by atoms with Crippen molar-refractivity contribution in [1.82, 2.24) is 0 Å². The number of carbonyl (C=O) groups is 1. The number of aryl methyl sites for hydroxylation is 1. The second-order valence-corrected chi connectivity index (χ2v) is 23.2. The molecule has 0 spiro atoms. The molecule has 0 aromatic heterocycles. The summed E-state index contributed by atoms with van der Waals surface area (Å²) in [5.74, 6) is 0.254. The Morgan fingerprint density at radius 2 is 1.76 bits per heavy atom. The molecule has 1 nitrogen and oxygen atoms in total. The summed E-state index contributed by atoms with van der Waals surface area (Å²) in [6.45, 7) is 0. The minimum absolute atomic E-state index is 0.254. The summed E-state index contributed by atoms with van der Waals surface area (Å²) >= 11 is 7.60. The van der Waals surface area contributed by atoms with Gasteiger partial charge in [-0.3, -0.25) is 0 Å². The number of ketones is 1. The number of benzene rings is 2. The molecular formula is C17H16BrClOTe. The van der Waals surface area contributed by atoms with Gasteiger partial charge in [-0.25, -0.2) is 0 Å². The van der Waals surface area contributed by atoms with Gasteiger partial charge in [0.2, 0.25) is 0 Å². The van der Waals surface area contributed by atoms with E-state index in [-0.39, 0.29) is 5.78 Å². The van der Waals surface area contributed by atoms with Crippen molar-refractivity contribution in [3.63, 3.8) is 0 Å². The average molecular weight is 479 g/mol. The molecule has 0 saturated heterocycles. The Kier molecular flexibility index (Phi) is 4.76. The zero-order valence-electron chi connectivity index (χ0n) is 11.5. The van der Waals surface area contributed by atoms with Gasteiger partial charge in [0.05, 0.1) is 0 Å². The molecule has 2 aromatic rings. The predicted molar refractivity (Wildman–Crippen MR) is 93.9 cm³/mol. The van der Waals surface area contributed by atoms with Gasteiger partial charge in [0.15, 0.2) is 0 Å². The van der Waals surface area contributed by atoms with Crippen LogP contribution in [0.25, 0.3) is 0 Å². The summed E-state index contributed by atoms with van der Waals surface area (Å²) in [4.78, 5) is 12.5. The van der Waals surface area contributed by atoms with E-state index in [2.05, 4.69) is 37.0 Å². The van der Waals surface area contributed by atoms with Crippen LogP contribution in [0.15, 0.2) is 48.5 Å². The maximum absolute atomic E-state index is 12.5. The van der Waals surface area contributed by atoms with Crippen LogP contribution in [0.5, 0.6) is 0 Å². The second kappa shape index (κ2) is 6.42. The van der Waals surface area contributed by atoms with E-state index in [0.717, 1.165) is 16.5 Å².